The van der Waals surface area contributed by atoms with E-state index in [1.807, 2.05) is 0 Å². The van der Waals surface area contributed by atoms with E-state index in [9.17, 15) is 24.9 Å². The van der Waals surface area contributed by atoms with Gasteiger partial charge in [0, 0.05) is 0 Å². The number of carbonyl (C=O) groups is 2. The van der Waals surface area contributed by atoms with Crippen LogP contribution in [0.5, 0.6) is 0 Å². The fraction of sp³-hybridized carbons (Fsp3) is 0.556. The first-order valence-electron chi connectivity index (χ1n) is 4.57. The molecule has 8 heteroatoms. The topological polar surface area (TPSA) is 161 Å². The minimum atomic E-state index is -3.11. The number of nitrogens with two attached hydrogens (primary N) is 1. The third-order valence-electron chi connectivity index (χ3n) is 2.27. The molecule has 0 heterocycles. The Kier molecular flexibility index (Phi) is 5.39. The van der Waals surface area contributed by atoms with Gasteiger partial charge in [0.15, 0.2) is 5.78 Å². The normalized spacial score (nSPS) is 19.8. The second-order valence-corrected chi connectivity index (χ2v) is 3.38. The van der Waals surface area contributed by atoms with Crippen LogP contribution in [0.2, 0.25) is 0 Å². The molecule has 7 N–H and O–H groups in total. The molecule has 17 heavy (non-hydrogen) atoms. The number of aliphatic hydroxyl groups is 5. The van der Waals surface area contributed by atoms with Crippen molar-refractivity contribution in [2.75, 3.05) is 6.61 Å². The lowest BCUT2D eigenvalue weighted by molar-refractivity contribution is -0.178. The van der Waals surface area contributed by atoms with Crippen LogP contribution in [0.1, 0.15) is 0 Å². The zero-order valence-electron chi connectivity index (χ0n) is 8.85. The summed E-state index contributed by atoms with van der Waals surface area (Å²) in [7, 11) is 0. The second-order valence-electron chi connectivity index (χ2n) is 3.38. The van der Waals surface area contributed by atoms with E-state index in [2.05, 4.69) is 6.58 Å². The average Bonchev–Trinajstić information content (AvgIpc) is 2.33. The van der Waals surface area contributed by atoms with E-state index in [0.29, 0.717) is 6.08 Å². The van der Waals surface area contributed by atoms with E-state index in [1.165, 1.54) is 0 Å². The van der Waals surface area contributed by atoms with Crippen LogP contribution in [0.3, 0.4) is 0 Å². The molecular weight excluding hydrogens is 234 g/mol. The predicted molar refractivity (Wildman–Crippen MR) is 54.5 cm³/mol. The number of primary amides is 1. The van der Waals surface area contributed by atoms with Crippen LogP contribution >= 0.6 is 0 Å². The highest BCUT2D eigenvalue weighted by atomic mass is 16.4. The average molecular weight is 249 g/mol. The molecular formula is C9H15NO7. The molecule has 98 valence electrons. The predicted octanol–water partition coefficient (Wildman–Crippen LogP) is -3.97. The molecule has 0 aliphatic carbocycles. The lowest BCUT2D eigenvalue weighted by Crippen LogP contribution is -2.64. The third-order valence-corrected chi connectivity index (χ3v) is 2.27. The molecule has 4 atom stereocenters. The van der Waals surface area contributed by atoms with Crippen molar-refractivity contribution in [2.24, 2.45) is 5.73 Å². The minimum absolute atomic E-state index is 0.534. The van der Waals surface area contributed by atoms with E-state index in [-0.39, 0.29) is 0 Å². The summed E-state index contributed by atoms with van der Waals surface area (Å²) < 4.78 is 0. The van der Waals surface area contributed by atoms with Gasteiger partial charge in [-0.25, -0.2) is 0 Å². The molecule has 0 fully saturated rings. The zero-order valence-corrected chi connectivity index (χ0v) is 8.85. The first kappa shape index (κ1) is 15.7. The third kappa shape index (κ3) is 2.87. The van der Waals surface area contributed by atoms with Crippen molar-refractivity contribution in [3.8, 4) is 0 Å². The van der Waals surface area contributed by atoms with E-state index < -0.39 is 42.2 Å². The fourth-order valence-electron chi connectivity index (χ4n) is 1.13. The van der Waals surface area contributed by atoms with Crippen molar-refractivity contribution in [1.29, 1.82) is 0 Å². The van der Waals surface area contributed by atoms with Gasteiger partial charge in [0.25, 0.3) is 5.91 Å². The summed E-state index contributed by atoms with van der Waals surface area (Å²) in [5.74, 6) is -2.94. The molecule has 1 amide bonds. The minimum Gasteiger partial charge on any atom is -0.394 e. The van der Waals surface area contributed by atoms with Crippen LogP contribution in [-0.4, -0.2) is 67.7 Å². The number of aliphatic hydroxyl groups excluding tert-OH is 4. The Morgan fingerprint density at radius 1 is 1.35 bits per heavy atom. The fourth-order valence-corrected chi connectivity index (χ4v) is 1.13. The van der Waals surface area contributed by atoms with Gasteiger partial charge < -0.3 is 31.3 Å². The summed E-state index contributed by atoms with van der Waals surface area (Å²) in [6.07, 6.45) is -5.85. The Morgan fingerprint density at radius 2 is 1.82 bits per heavy atom. The summed E-state index contributed by atoms with van der Waals surface area (Å²) >= 11 is 0. The standard InChI is InChI=1S/C9H15NO7/c1-2-5(13)9(17,8(10)16)7(15)6(14)4(12)3-11/h2,4,6-7,11-12,14-15,17H,1,3H2,(H2,10,16)/t4-,6-,7+,9-/m1/s1. The van der Waals surface area contributed by atoms with Crippen LogP contribution in [0.25, 0.3) is 0 Å². The summed E-state index contributed by atoms with van der Waals surface area (Å²) in [6.45, 7) is 2.04. The van der Waals surface area contributed by atoms with Crippen molar-refractivity contribution >= 4 is 11.7 Å². The maximum Gasteiger partial charge on any atom is 0.260 e. The van der Waals surface area contributed by atoms with Crippen LogP contribution < -0.4 is 5.73 Å². The van der Waals surface area contributed by atoms with E-state index >= 15 is 0 Å². The number of amides is 1. The Labute approximate surface area is 96.6 Å². The molecule has 0 saturated heterocycles. The van der Waals surface area contributed by atoms with Gasteiger partial charge in [-0.3, -0.25) is 9.59 Å². The van der Waals surface area contributed by atoms with Crippen molar-refractivity contribution in [2.45, 2.75) is 23.9 Å². The van der Waals surface area contributed by atoms with Gasteiger partial charge in [-0.05, 0) is 6.08 Å². The van der Waals surface area contributed by atoms with Crippen LogP contribution in [0.15, 0.2) is 12.7 Å². The van der Waals surface area contributed by atoms with Crippen LogP contribution in [0.4, 0.5) is 0 Å². The SMILES string of the molecule is C=CC(=O)[C@](O)(C(N)=O)[C@@H](O)[C@H](O)[C@H](O)CO. The highest BCUT2D eigenvalue weighted by Crippen LogP contribution is 2.18. The summed E-state index contributed by atoms with van der Waals surface area (Å²) in [5.41, 5.74) is 1.64. The molecule has 0 rings (SSSR count). The molecule has 8 nitrogen and oxygen atoms in total. The summed E-state index contributed by atoms with van der Waals surface area (Å²) in [5, 5.41) is 46.0. The number of hydrogen-bond donors (Lipinski definition) is 6. The number of ketones is 1. The molecule has 0 spiro atoms. The lowest BCUT2D eigenvalue weighted by Gasteiger charge is -2.32. The first-order chi connectivity index (χ1) is 7.73. The summed E-state index contributed by atoms with van der Waals surface area (Å²) in [4.78, 5) is 22.2. The van der Waals surface area contributed by atoms with Crippen molar-refractivity contribution < 1.29 is 35.1 Å². The quantitative estimate of drug-likeness (QED) is 0.198. The van der Waals surface area contributed by atoms with E-state index in [1.54, 1.807) is 0 Å². The molecule has 0 aliphatic rings. The number of carbonyl (C=O) groups excluding carboxylic acids is 2. The van der Waals surface area contributed by atoms with Crippen molar-refractivity contribution in [1.82, 2.24) is 0 Å². The van der Waals surface area contributed by atoms with Gasteiger partial charge in [-0.2, -0.15) is 0 Å². The van der Waals surface area contributed by atoms with Crippen LogP contribution in [-0.2, 0) is 9.59 Å². The molecule has 0 radical (unpaired) electrons. The smallest absolute Gasteiger partial charge is 0.260 e. The monoisotopic (exact) mass is 249 g/mol. The zero-order chi connectivity index (χ0) is 13.8. The number of rotatable bonds is 7. The highest BCUT2D eigenvalue weighted by Gasteiger charge is 2.51. The van der Waals surface area contributed by atoms with E-state index in [4.69, 9.17) is 15.9 Å². The first-order valence-corrected chi connectivity index (χ1v) is 4.57. The van der Waals surface area contributed by atoms with E-state index in [0.717, 1.165) is 0 Å². The molecule has 0 aromatic heterocycles. The maximum atomic E-state index is 11.2. The molecule has 0 aliphatic heterocycles. The highest BCUT2D eigenvalue weighted by molar-refractivity contribution is 6.13. The van der Waals surface area contributed by atoms with Gasteiger partial charge in [0.2, 0.25) is 5.60 Å². The maximum absolute atomic E-state index is 11.2. The number of hydrogen-bond acceptors (Lipinski definition) is 7. The molecule has 0 aromatic rings. The van der Waals surface area contributed by atoms with Crippen molar-refractivity contribution in [3.63, 3.8) is 0 Å². The molecule has 0 unspecified atom stereocenters. The summed E-state index contributed by atoms with van der Waals surface area (Å²) in [6, 6.07) is 0. The Hall–Kier alpha value is -1.32. The molecule has 0 bridgehead atoms. The lowest BCUT2D eigenvalue weighted by atomic mass is 9.86. The van der Waals surface area contributed by atoms with Gasteiger partial charge in [-0.1, -0.05) is 6.58 Å². The Morgan fingerprint density at radius 3 is 2.12 bits per heavy atom. The largest absolute Gasteiger partial charge is 0.394 e. The van der Waals surface area contributed by atoms with Gasteiger partial charge in [-0.15, -0.1) is 0 Å². The van der Waals surface area contributed by atoms with Gasteiger partial charge in [0.05, 0.1) is 6.61 Å². The molecule has 0 aromatic carbocycles. The van der Waals surface area contributed by atoms with Crippen LogP contribution in [0, 0.1) is 0 Å². The van der Waals surface area contributed by atoms with Crippen molar-refractivity contribution in [3.05, 3.63) is 12.7 Å². The Balaban J connectivity index is 5.28. The van der Waals surface area contributed by atoms with Gasteiger partial charge in [0.1, 0.15) is 18.3 Å². The molecule has 0 saturated carbocycles. The van der Waals surface area contributed by atoms with Gasteiger partial charge >= 0.3 is 0 Å². The second kappa shape index (κ2) is 5.84. The Bertz CT molecular complexity index is 318.